The average molecular weight is 272 g/mol. The Morgan fingerprint density at radius 2 is 1.20 bits per heavy atom. The maximum Gasteiger partial charge on any atom is 0.266 e. The highest BCUT2D eigenvalue weighted by molar-refractivity contribution is 5.94. The fourth-order valence-corrected chi connectivity index (χ4v) is 1.53. The van der Waals surface area contributed by atoms with E-state index in [0.717, 1.165) is 0 Å². The van der Waals surface area contributed by atoms with Crippen molar-refractivity contribution in [2.75, 3.05) is 0 Å². The number of amides is 2. The lowest BCUT2D eigenvalue weighted by atomic mass is 10.2. The van der Waals surface area contributed by atoms with Crippen molar-refractivity contribution in [2.45, 2.75) is 0 Å². The van der Waals surface area contributed by atoms with Crippen LogP contribution in [-0.2, 0) is 0 Å². The van der Waals surface area contributed by atoms with Crippen LogP contribution in [0.4, 0.5) is 0 Å². The largest absolute Gasteiger partial charge is 0.290 e. The van der Waals surface area contributed by atoms with Gasteiger partial charge in [0.05, 0.1) is 22.5 Å². The van der Waals surface area contributed by atoms with Gasteiger partial charge in [-0.3, -0.25) is 30.4 Å². The van der Waals surface area contributed by atoms with Crippen molar-refractivity contribution in [3.8, 4) is 11.4 Å². The number of hydrazine groups is 2. The van der Waals surface area contributed by atoms with Gasteiger partial charge in [0.15, 0.2) is 0 Å². The molecule has 6 N–H and O–H groups in total. The number of aromatic nitrogens is 2. The molecule has 2 amide bonds. The Morgan fingerprint density at radius 3 is 1.45 bits per heavy atom. The standard InChI is InChI=1S/C12H12N6O2/c13-17-11(19)7-1-3-9(15-5-7)10-4-2-8(6-16-10)12(20)18-14/h1-6H,13-14H2,(H,17,19)(H,18,20). The minimum Gasteiger partial charge on any atom is -0.290 e. The first-order valence-corrected chi connectivity index (χ1v) is 5.60. The van der Waals surface area contributed by atoms with E-state index in [1.165, 1.54) is 12.4 Å². The SMILES string of the molecule is NNC(=O)c1ccc(-c2ccc(C(=O)NN)cn2)nc1. The van der Waals surface area contributed by atoms with Crippen LogP contribution in [0.1, 0.15) is 20.7 Å². The predicted octanol–water partition coefficient (Wildman–Crippen LogP) is -0.649. The molecule has 0 saturated carbocycles. The molecule has 2 rings (SSSR count). The quantitative estimate of drug-likeness (QED) is 0.333. The molecule has 2 heterocycles. The zero-order chi connectivity index (χ0) is 14.5. The van der Waals surface area contributed by atoms with E-state index in [2.05, 4.69) is 9.97 Å². The highest BCUT2D eigenvalue weighted by atomic mass is 16.2. The molecule has 0 fully saturated rings. The number of hydrogen-bond acceptors (Lipinski definition) is 6. The second kappa shape index (κ2) is 5.87. The lowest BCUT2D eigenvalue weighted by Crippen LogP contribution is -2.30. The number of hydrogen-bond donors (Lipinski definition) is 4. The van der Waals surface area contributed by atoms with Crippen LogP contribution in [0.25, 0.3) is 11.4 Å². The summed E-state index contributed by atoms with van der Waals surface area (Å²) in [5.41, 5.74) is 5.85. The highest BCUT2D eigenvalue weighted by Crippen LogP contribution is 2.14. The van der Waals surface area contributed by atoms with E-state index in [4.69, 9.17) is 11.7 Å². The highest BCUT2D eigenvalue weighted by Gasteiger charge is 2.08. The molecule has 8 nitrogen and oxygen atoms in total. The number of pyridine rings is 2. The van der Waals surface area contributed by atoms with Crippen LogP contribution in [-0.4, -0.2) is 21.8 Å². The number of carbonyl (C=O) groups excluding carboxylic acids is 2. The summed E-state index contributed by atoms with van der Waals surface area (Å²) < 4.78 is 0. The number of nitrogen functional groups attached to an aromatic ring is 2. The number of nitrogens with one attached hydrogen (secondary N) is 2. The summed E-state index contributed by atoms with van der Waals surface area (Å²) in [7, 11) is 0. The van der Waals surface area contributed by atoms with Gasteiger partial charge in [0.2, 0.25) is 0 Å². The van der Waals surface area contributed by atoms with E-state index >= 15 is 0 Å². The van der Waals surface area contributed by atoms with Crippen molar-refractivity contribution in [3.05, 3.63) is 47.8 Å². The van der Waals surface area contributed by atoms with Crippen LogP contribution >= 0.6 is 0 Å². The molecular weight excluding hydrogens is 260 g/mol. The van der Waals surface area contributed by atoms with Crippen LogP contribution in [0.2, 0.25) is 0 Å². The van der Waals surface area contributed by atoms with E-state index in [1.54, 1.807) is 24.3 Å². The molecule has 20 heavy (non-hydrogen) atoms. The summed E-state index contributed by atoms with van der Waals surface area (Å²) in [4.78, 5) is 30.7. The maximum atomic E-state index is 11.3. The molecule has 0 aliphatic rings. The third kappa shape index (κ3) is 2.76. The molecule has 0 unspecified atom stereocenters. The molecule has 0 aliphatic heterocycles. The van der Waals surface area contributed by atoms with Gasteiger partial charge >= 0.3 is 0 Å². The minimum atomic E-state index is -0.424. The molecule has 8 heteroatoms. The molecule has 102 valence electrons. The molecule has 0 atom stereocenters. The first kappa shape index (κ1) is 13.6. The van der Waals surface area contributed by atoms with Crippen molar-refractivity contribution in [2.24, 2.45) is 11.7 Å². The molecule has 2 aromatic rings. The monoisotopic (exact) mass is 272 g/mol. The van der Waals surface area contributed by atoms with Gasteiger partial charge in [-0.2, -0.15) is 0 Å². The Kier molecular flexibility index (Phi) is 3.99. The Balaban J connectivity index is 2.23. The zero-order valence-corrected chi connectivity index (χ0v) is 10.3. The van der Waals surface area contributed by atoms with Crippen LogP contribution in [0, 0.1) is 0 Å². The second-order valence-electron chi connectivity index (χ2n) is 3.81. The van der Waals surface area contributed by atoms with Gasteiger partial charge in [0.1, 0.15) is 0 Å². The number of rotatable bonds is 3. The number of nitrogens with two attached hydrogens (primary N) is 2. The molecular formula is C12H12N6O2. The van der Waals surface area contributed by atoms with E-state index < -0.39 is 11.8 Å². The van der Waals surface area contributed by atoms with Crippen LogP contribution < -0.4 is 22.5 Å². The van der Waals surface area contributed by atoms with Crippen molar-refractivity contribution in [1.82, 2.24) is 20.8 Å². The van der Waals surface area contributed by atoms with Gasteiger partial charge in [0.25, 0.3) is 11.8 Å². The zero-order valence-electron chi connectivity index (χ0n) is 10.3. The van der Waals surface area contributed by atoms with Gasteiger partial charge in [-0.05, 0) is 24.3 Å². The van der Waals surface area contributed by atoms with Crippen molar-refractivity contribution in [1.29, 1.82) is 0 Å². The first-order valence-electron chi connectivity index (χ1n) is 5.60. The number of nitrogens with zero attached hydrogens (tertiary/aromatic N) is 2. The second-order valence-corrected chi connectivity index (χ2v) is 3.81. The van der Waals surface area contributed by atoms with Crippen molar-refractivity contribution < 1.29 is 9.59 Å². The Labute approximate surface area is 114 Å². The van der Waals surface area contributed by atoms with Crippen LogP contribution in [0.3, 0.4) is 0 Å². The summed E-state index contributed by atoms with van der Waals surface area (Å²) in [6.45, 7) is 0. The fourth-order valence-electron chi connectivity index (χ4n) is 1.53. The summed E-state index contributed by atoms with van der Waals surface area (Å²) in [5.74, 6) is 9.20. The lowest BCUT2D eigenvalue weighted by Gasteiger charge is -2.03. The molecule has 0 aromatic carbocycles. The first-order chi connectivity index (χ1) is 9.65. The van der Waals surface area contributed by atoms with E-state index in [9.17, 15) is 9.59 Å². The van der Waals surface area contributed by atoms with Crippen LogP contribution in [0.5, 0.6) is 0 Å². The van der Waals surface area contributed by atoms with Gasteiger partial charge in [-0.25, -0.2) is 11.7 Å². The molecule has 0 bridgehead atoms. The molecule has 0 radical (unpaired) electrons. The third-order valence-corrected chi connectivity index (χ3v) is 2.58. The van der Waals surface area contributed by atoms with Gasteiger partial charge < -0.3 is 0 Å². The Morgan fingerprint density at radius 1 is 0.800 bits per heavy atom. The van der Waals surface area contributed by atoms with Gasteiger partial charge in [0, 0.05) is 12.4 Å². The molecule has 2 aromatic heterocycles. The summed E-state index contributed by atoms with van der Waals surface area (Å²) >= 11 is 0. The van der Waals surface area contributed by atoms with E-state index in [1.807, 2.05) is 10.9 Å². The Hall–Kier alpha value is -2.84. The minimum absolute atomic E-state index is 0.343. The average Bonchev–Trinajstić information content (AvgIpc) is 2.53. The molecule has 0 saturated heterocycles. The maximum absolute atomic E-state index is 11.3. The summed E-state index contributed by atoms with van der Waals surface area (Å²) in [6, 6.07) is 6.42. The summed E-state index contributed by atoms with van der Waals surface area (Å²) in [5, 5.41) is 0. The fraction of sp³-hybridized carbons (Fsp3) is 0. The van der Waals surface area contributed by atoms with E-state index in [-0.39, 0.29) is 0 Å². The van der Waals surface area contributed by atoms with Crippen molar-refractivity contribution >= 4 is 11.8 Å². The predicted molar refractivity (Wildman–Crippen MR) is 70.8 cm³/mol. The normalized spacial score (nSPS) is 9.90. The van der Waals surface area contributed by atoms with Crippen molar-refractivity contribution in [3.63, 3.8) is 0 Å². The Bertz CT molecular complexity index is 566. The molecule has 0 spiro atoms. The van der Waals surface area contributed by atoms with Gasteiger partial charge in [-0.15, -0.1) is 0 Å². The summed E-state index contributed by atoms with van der Waals surface area (Å²) in [6.07, 6.45) is 2.78. The lowest BCUT2D eigenvalue weighted by molar-refractivity contribution is 0.0945. The third-order valence-electron chi connectivity index (χ3n) is 2.58. The number of carbonyl (C=O) groups is 2. The topological polar surface area (TPSA) is 136 Å². The van der Waals surface area contributed by atoms with Crippen LogP contribution in [0.15, 0.2) is 36.7 Å². The molecule has 0 aliphatic carbocycles. The van der Waals surface area contributed by atoms with E-state index in [0.29, 0.717) is 22.5 Å². The smallest absolute Gasteiger partial charge is 0.266 e. The van der Waals surface area contributed by atoms with Gasteiger partial charge in [-0.1, -0.05) is 0 Å².